The third-order valence-corrected chi connectivity index (χ3v) is 40.7. The van der Waals surface area contributed by atoms with E-state index in [9.17, 15) is 46.1 Å². The van der Waals surface area contributed by atoms with Crippen LogP contribution in [0.1, 0.15) is 373 Å². The Hall–Kier alpha value is -1.33. The minimum atomic E-state index is -4.46. The maximum Gasteiger partial charge on any atom is 0.397 e. The number of nitrogens with one attached hydrogen (secondary N) is 6. The van der Waals surface area contributed by atoms with Crippen LogP contribution in [0, 0.1) is 151 Å². The van der Waals surface area contributed by atoms with Crippen LogP contribution in [0.4, 0.5) is 0 Å². The van der Waals surface area contributed by atoms with Crippen molar-refractivity contribution in [2.24, 2.45) is 168 Å². The molecule has 17 N–H and O–H groups in total. The molecule has 129 heavy (non-hydrogen) atoms. The Bertz CT molecular complexity index is 3570. The number of carbonyl (C=O) groups is 1. The summed E-state index contributed by atoms with van der Waals surface area (Å²) in [5, 5.41) is 57.7. The number of allylic oxidation sites excluding steroid dienone is 1. The zero-order chi connectivity index (χ0) is 93.9. The number of ketones is 1. The number of aliphatic hydroxyl groups is 3. The Morgan fingerprint density at radius 3 is 0.938 bits per heavy atom. The first-order chi connectivity index (χ1) is 61.2. The summed E-state index contributed by atoms with van der Waals surface area (Å²) >= 11 is 0. The SMILES string of the molecule is C=C(C)C(=O)CC[C@@H](C)C1CCC2C3C(CC[C@@]21C)[C@@]1(C)CC[C@H](NCCCNCCCCN)C[C@@H]1C[C@H]3O.CC(C)C(CC[C@@H](C)C1CCC2C3C(CC[C@@]21C)[C@@]1(C)CC[C@H](NCCCNCCCCCCCCN)C[C@@H]1C[C@H]3O)OS(=O)(=O)O.CC(C)C(CC[C@@H](C)C1CCC2C3C(CC[C@@]21C)[C@@]1(C)CC[C@H](NCCCNCCCCN)C[C@@H]1C[C@H]3O)OS(=O)(=O)O. The molecule has 0 bridgehead atoms. The zero-order valence-corrected chi connectivity index (χ0v) is 86.0. The third kappa shape index (κ3) is 28.1. The number of carbonyl (C=O) groups excluding carboxylic acids is 1. The van der Waals surface area contributed by atoms with Crippen LogP contribution in [0.15, 0.2) is 12.2 Å². The molecule has 0 saturated heterocycles. The van der Waals surface area contributed by atoms with E-state index >= 15 is 0 Å². The minimum absolute atomic E-state index is 0.0152. The lowest BCUT2D eigenvalue weighted by molar-refractivity contribution is -0.167. The maximum atomic E-state index is 12.2. The van der Waals surface area contributed by atoms with E-state index in [0.717, 1.165) is 143 Å². The number of fused-ring (bicyclic) bond motifs is 15. The molecule has 0 amide bonds. The summed E-state index contributed by atoms with van der Waals surface area (Å²) < 4.78 is 74.3. The van der Waals surface area contributed by atoms with Gasteiger partial charge >= 0.3 is 20.8 Å². The normalized spacial score (nSPS) is 38.7. The van der Waals surface area contributed by atoms with E-state index in [4.69, 9.17) is 25.6 Å². The molecule has 32 atom stereocenters. The third-order valence-electron chi connectivity index (χ3n) is 39.7. The van der Waals surface area contributed by atoms with Gasteiger partial charge in [0.1, 0.15) is 0 Å². The molecule has 14 unspecified atom stereocenters. The molecule has 0 spiro atoms. The number of hydrogen-bond acceptors (Lipinski definition) is 19. The molecule has 0 aromatic heterocycles. The first-order valence-electron chi connectivity index (χ1n) is 54.2. The van der Waals surface area contributed by atoms with Crippen molar-refractivity contribution in [2.75, 3.05) is 78.5 Å². The van der Waals surface area contributed by atoms with Gasteiger partial charge in [-0.2, -0.15) is 16.8 Å². The quantitative estimate of drug-likeness (QED) is 0.0153. The number of nitrogens with two attached hydrogens (primary N) is 3. The first-order valence-corrected chi connectivity index (χ1v) is 56.9. The number of unbranched alkanes of at least 4 members (excludes halogenated alkanes) is 7. The van der Waals surface area contributed by atoms with Gasteiger partial charge in [-0.1, -0.05) is 122 Å². The molecular formula is C106H199N9O12S2. The second-order valence-corrected chi connectivity index (χ2v) is 50.1. The zero-order valence-electron chi connectivity index (χ0n) is 84.4. The van der Waals surface area contributed by atoms with Gasteiger partial charge in [-0.3, -0.25) is 13.9 Å². The highest BCUT2D eigenvalue weighted by molar-refractivity contribution is 7.81. The van der Waals surface area contributed by atoms with Gasteiger partial charge in [0.2, 0.25) is 0 Å². The predicted octanol–water partition coefficient (Wildman–Crippen LogP) is 18.5. The van der Waals surface area contributed by atoms with Crippen molar-refractivity contribution in [1.82, 2.24) is 31.9 Å². The number of rotatable bonds is 50. The van der Waals surface area contributed by atoms with Gasteiger partial charge < -0.3 is 64.4 Å². The molecule has 0 aromatic carbocycles. The second kappa shape index (κ2) is 50.2. The van der Waals surface area contributed by atoms with Crippen molar-refractivity contribution in [3.05, 3.63) is 12.2 Å². The lowest BCUT2D eigenvalue weighted by atomic mass is 9.43. The Morgan fingerprint density at radius 2 is 0.636 bits per heavy atom. The van der Waals surface area contributed by atoms with Crippen molar-refractivity contribution < 1.29 is 54.4 Å². The number of hydrogen-bond donors (Lipinski definition) is 14. The Balaban J connectivity index is 0.000000202. The van der Waals surface area contributed by atoms with Crippen LogP contribution in [-0.2, 0) is 34.0 Å². The summed E-state index contributed by atoms with van der Waals surface area (Å²) in [6.45, 7) is 48.0. The highest BCUT2D eigenvalue weighted by Crippen LogP contribution is 2.72. The summed E-state index contributed by atoms with van der Waals surface area (Å²) in [5.74, 6) is 10.3. The Kier molecular flexibility index (Phi) is 42.7. The molecular weight excluding hydrogens is 1660 g/mol. The number of aliphatic hydroxyl groups excluding tert-OH is 3. The van der Waals surface area contributed by atoms with Crippen molar-refractivity contribution in [3.8, 4) is 0 Å². The van der Waals surface area contributed by atoms with Crippen LogP contribution < -0.4 is 49.1 Å². The molecule has 21 nitrogen and oxygen atoms in total. The van der Waals surface area contributed by atoms with Crippen LogP contribution in [-0.4, -0.2) is 174 Å². The van der Waals surface area contributed by atoms with Crippen molar-refractivity contribution in [3.63, 3.8) is 0 Å². The van der Waals surface area contributed by atoms with Crippen molar-refractivity contribution in [2.45, 2.75) is 422 Å². The van der Waals surface area contributed by atoms with Crippen molar-refractivity contribution in [1.29, 1.82) is 0 Å². The molecule has 12 saturated carbocycles. The fourth-order valence-corrected chi connectivity index (χ4v) is 33.6. The molecule has 12 rings (SSSR count). The summed E-state index contributed by atoms with van der Waals surface area (Å²) in [4.78, 5) is 12.2. The van der Waals surface area contributed by atoms with Gasteiger partial charge in [0.15, 0.2) is 5.78 Å². The molecule has 0 radical (unpaired) electrons. The fraction of sp³-hybridized carbons (Fsp3) is 0.972. The average molecular weight is 1860 g/mol. The lowest BCUT2D eigenvalue weighted by Gasteiger charge is -2.62. The summed E-state index contributed by atoms with van der Waals surface area (Å²) in [7, 11) is -8.91. The van der Waals surface area contributed by atoms with Gasteiger partial charge in [0.25, 0.3) is 0 Å². The molecule has 752 valence electrons. The lowest BCUT2D eigenvalue weighted by Crippen LogP contribution is -2.59. The van der Waals surface area contributed by atoms with Crippen LogP contribution >= 0.6 is 0 Å². The minimum Gasteiger partial charge on any atom is -0.393 e. The van der Waals surface area contributed by atoms with E-state index in [1.807, 2.05) is 34.6 Å². The monoisotopic (exact) mass is 1850 g/mol. The largest absolute Gasteiger partial charge is 0.397 e. The molecule has 0 heterocycles. The van der Waals surface area contributed by atoms with E-state index in [-0.39, 0.29) is 46.8 Å². The number of Topliss-reactive ketones (excluding diaryl/α,β-unsaturated/α-hetero) is 1. The summed E-state index contributed by atoms with van der Waals surface area (Å²) in [6.07, 6.45) is 47.9. The Labute approximate surface area is 788 Å². The van der Waals surface area contributed by atoms with Gasteiger partial charge in [-0.25, -0.2) is 8.37 Å². The maximum absolute atomic E-state index is 12.2. The van der Waals surface area contributed by atoms with Crippen molar-refractivity contribution >= 4 is 26.6 Å². The van der Waals surface area contributed by atoms with E-state index in [0.29, 0.717) is 171 Å². The molecule has 0 aliphatic heterocycles. The molecule has 0 aromatic rings. The van der Waals surface area contributed by atoms with Gasteiger partial charge in [-0.15, -0.1) is 0 Å². The highest BCUT2D eigenvalue weighted by Gasteiger charge is 2.67. The molecule has 12 fully saturated rings. The second-order valence-electron chi connectivity index (χ2n) is 48.0. The smallest absolute Gasteiger partial charge is 0.393 e. The van der Waals surface area contributed by atoms with Gasteiger partial charge in [-0.05, 0) is 486 Å². The summed E-state index contributed by atoms with van der Waals surface area (Å²) in [6, 6.07) is 1.76. The Morgan fingerprint density at radius 1 is 0.364 bits per heavy atom. The molecule has 12 aliphatic carbocycles. The van der Waals surface area contributed by atoms with E-state index in [1.54, 1.807) is 0 Å². The molecule has 12 aliphatic rings. The van der Waals surface area contributed by atoms with Crippen LogP contribution in [0.2, 0.25) is 0 Å². The van der Waals surface area contributed by atoms with E-state index < -0.39 is 33.0 Å². The first kappa shape index (κ1) is 110. The summed E-state index contributed by atoms with van der Waals surface area (Å²) in [5.41, 5.74) is 19.2. The fourth-order valence-electron chi connectivity index (χ4n) is 32.3. The van der Waals surface area contributed by atoms with Crippen LogP contribution in [0.3, 0.4) is 0 Å². The topological polar surface area (TPSA) is 355 Å². The van der Waals surface area contributed by atoms with Crippen LogP contribution in [0.5, 0.6) is 0 Å². The van der Waals surface area contributed by atoms with E-state index in [1.165, 1.54) is 193 Å². The highest BCUT2D eigenvalue weighted by atomic mass is 32.3. The standard InChI is InChI=1S/C38H73N3O5S.C34H65N3O5S.C34H61N3O2/c1-27(2)35(46-47(43,44)45)16-13-28(3)31-14-15-32-36-33(18-20-38(31,32)5)37(4)19-17-30(25-29(37)26-34(36)42)41-24-12-23-40-22-11-9-7-6-8-10-21-39;1-23(2)31(42-43(39,40)41)12-9-24(3)27-10-11-28-32-29(14-16-34(27,28)5)33(4)15-13-26(21-25(33)22-30(32)38)37-20-8-19-36-18-7-6-17-35;1-23(2)30(38)12-9-24(3)27-10-11-28-32-29(14-16-34(27,28)5)33(4)15-13-26(21-25(33)22-31(32)39)37-20-8-19-36-18-7-6-17-35/h27-36,40-42H,6-26,39H2,1-5H3,(H,43,44,45);23-32,36-38H,6-22,35H2,1-5H3,(H,39,40,41);24-29,31-32,36-37,39H,1,6-22,35H2,2-5H3/t28-,29-,30+,31?,32?,33?,34-,35?,36?,37+,38-;24-,25-,26+,27?,28?,29?,30-,31?,32?,33+,34-;24-,25-,26+,27?,28?,29?,31-,32?,33+,34-/m111/s1. The van der Waals surface area contributed by atoms with Crippen LogP contribution in [0.25, 0.3) is 0 Å². The van der Waals surface area contributed by atoms with Gasteiger partial charge in [0.05, 0.1) is 30.5 Å². The van der Waals surface area contributed by atoms with Gasteiger partial charge in [0, 0.05) is 24.5 Å². The molecule has 23 heteroatoms. The average Bonchev–Trinajstić information content (AvgIpc) is 1.66. The predicted molar refractivity (Wildman–Crippen MR) is 529 cm³/mol. The van der Waals surface area contributed by atoms with E-state index in [2.05, 4.69) is 101 Å².